The van der Waals surface area contributed by atoms with Crippen molar-refractivity contribution in [1.82, 2.24) is 29.9 Å². The number of ether oxygens (including phenoxy) is 3. The average molecular weight is 589 g/mol. The molecule has 0 unspecified atom stereocenters. The third-order valence-electron chi connectivity index (χ3n) is 6.94. The summed E-state index contributed by atoms with van der Waals surface area (Å²) in [5.74, 6) is -1.19. The smallest absolute Gasteiger partial charge is 0.282 e. The van der Waals surface area contributed by atoms with Crippen LogP contribution in [0.4, 0.5) is 8.78 Å². The quantitative estimate of drug-likeness (QED) is 0.243. The third-order valence-corrected chi connectivity index (χ3v) is 6.94. The van der Waals surface area contributed by atoms with Gasteiger partial charge in [0.2, 0.25) is 5.88 Å². The van der Waals surface area contributed by atoms with E-state index in [0.29, 0.717) is 54.4 Å². The highest BCUT2D eigenvalue weighted by atomic mass is 19.1. The van der Waals surface area contributed by atoms with Crippen LogP contribution in [-0.2, 0) is 11.2 Å². The van der Waals surface area contributed by atoms with E-state index in [1.165, 1.54) is 54.9 Å². The summed E-state index contributed by atoms with van der Waals surface area (Å²) in [5, 5.41) is 11.5. The first-order valence-corrected chi connectivity index (χ1v) is 13.6. The maximum Gasteiger partial charge on any atom is 0.282 e. The second kappa shape index (κ2) is 12.5. The van der Waals surface area contributed by atoms with E-state index in [1.807, 2.05) is 0 Å². The number of hydrogen-bond acceptors (Lipinski definition) is 9. The van der Waals surface area contributed by atoms with Crippen LogP contribution in [-0.4, -0.2) is 75.1 Å². The predicted octanol–water partition coefficient (Wildman–Crippen LogP) is 3.71. The second-order valence-electron chi connectivity index (χ2n) is 9.77. The van der Waals surface area contributed by atoms with Gasteiger partial charge in [-0.05, 0) is 48.0 Å². The van der Waals surface area contributed by atoms with Crippen molar-refractivity contribution in [2.45, 2.75) is 6.42 Å². The van der Waals surface area contributed by atoms with E-state index in [9.17, 15) is 14.0 Å². The molecule has 11 nitrogen and oxygen atoms in total. The number of H-pyrrole nitrogens is 1. The predicted molar refractivity (Wildman–Crippen MR) is 151 cm³/mol. The van der Waals surface area contributed by atoms with E-state index < -0.39 is 23.0 Å². The summed E-state index contributed by atoms with van der Waals surface area (Å²) in [6.45, 7) is 4.12. The van der Waals surface area contributed by atoms with E-state index in [0.717, 1.165) is 17.8 Å². The first-order valence-electron chi connectivity index (χ1n) is 13.6. The van der Waals surface area contributed by atoms with Crippen molar-refractivity contribution < 1.29 is 27.8 Å². The number of halogens is 2. The van der Waals surface area contributed by atoms with Crippen LogP contribution >= 0.6 is 0 Å². The van der Waals surface area contributed by atoms with Crippen LogP contribution in [0.15, 0.2) is 71.8 Å². The third kappa shape index (κ3) is 6.27. The number of rotatable bonds is 10. The van der Waals surface area contributed by atoms with Crippen molar-refractivity contribution in [3.8, 4) is 23.1 Å². The molecule has 0 atom stereocenters. The molecule has 0 radical (unpaired) electrons. The molecule has 0 spiro atoms. The van der Waals surface area contributed by atoms with Crippen molar-refractivity contribution in [2.75, 3.05) is 39.5 Å². The Balaban J connectivity index is 1.16. The minimum atomic E-state index is -0.702. The molecule has 6 rings (SSSR count). The van der Waals surface area contributed by atoms with E-state index in [2.05, 4.69) is 25.2 Å². The number of pyridine rings is 1. The van der Waals surface area contributed by atoms with Gasteiger partial charge in [0.05, 0.1) is 24.5 Å². The summed E-state index contributed by atoms with van der Waals surface area (Å²) < 4.78 is 46.7. The zero-order valence-corrected chi connectivity index (χ0v) is 22.8. The molecule has 0 aliphatic carbocycles. The Labute approximate surface area is 243 Å². The standard InChI is InChI=1S/C30H26F2N6O5/c31-20-2-4-21(5-3-20)38-30(40)22(7-10-34-38)24(39)18-19-1-6-25(23(32)17-19)43-26-8-9-33-28-27(26)29(36-35-28)42-16-13-37-11-14-41-15-12-37/h1-10,17H,11-16,18H2,(H,33,35,36). The van der Waals surface area contributed by atoms with E-state index in [-0.39, 0.29) is 23.6 Å². The number of aromatic nitrogens is 5. The lowest BCUT2D eigenvalue weighted by Crippen LogP contribution is -2.38. The van der Waals surface area contributed by atoms with Gasteiger partial charge >= 0.3 is 0 Å². The van der Waals surface area contributed by atoms with Gasteiger partial charge in [0.15, 0.2) is 23.0 Å². The number of hydrogen-bond donors (Lipinski definition) is 1. The normalized spacial score (nSPS) is 13.7. The van der Waals surface area contributed by atoms with Crippen molar-refractivity contribution in [2.24, 2.45) is 0 Å². The minimum Gasteiger partial charge on any atom is -0.475 e. The van der Waals surface area contributed by atoms with Crippen LogP contribution in [0.5, 0.6) is 17.4 Å². The Morgan fingerprint density at radius 2 is 1.81 bits per heavy atom. The summed E-state index contributed by atoms with van der Waals surface area (Å²) >= 11 is 0. The Morgan fingerprint density at radius 3 is 2.60 bits per heavy atom. The van der Waals surface area contributed by atoms with Gasteiger partial charge in [0.25, 0.3) is 5.56 Å². The van der Waals surface area contributed by atoms with Crippen LogP contribution in [0, 0.1) is 11.6 Å². The van der Waals surface area contributed by atoms with Crippen molar-refractivity contribution >= 4 is 16.8 Å². The van der Waals surface area contributed by atoms with Crippen LogP contribution in [0.1, 0.15) is 15.9 Å². The Bertz CT molecular complexity index is 1820. The van der Waals surface area contributed by atoms with Gasteiger partial charge in [0.1, 0.15) is 23.6 Å². The number of nitrogens with one attached hydrogen (secondary N) is 1. The van der Waals surface area contributed by atoms with Gasteiger partial charge < -0.3 is 14.2 Å². The zero-order chi connectivity index (χ0) is 29.8. The molecule has 0 bridgehead atoms. The summed E-state index contributed by atoms with van der Waals surface area (Å²) in [4.78, 5) is 32.4. The number of benzene rings is 2. The molecule has 1 fully saturated rings. The number of fused-ring (bicyclic) bond motifs is 1. The monoisotopic (exact) mass is 588 g/mol. The Hall–Kier alpha value is -5.01. The highest BCUT2D eigenvalue weighted by molar-refractivity contribution is 5.97. The lowest BCUT2D eigenvalue weighted by Gasteiger charge is -2.26. The molecule has 1 aliphatic heterocycles. The van der Waals surface area contributed by atoms with E-state index in [4.69, 9.17) is 14.2 Å². The Morgan fingerprint density at radius 1 is 1.00 bits per heavy atom. The Kier molecular flexibility index (Phi) is 8.16. The van der Waals surface area contributed by atoms with Gasteiger partial charge in [0, 0.05) is 44.5 Å². The van der Waals surface area contributed by atoms with E-state index in [1.54, 1.807) is 12.1 Å². The van der Waals surface area contributed by atoms with Crippen LogP contribution < -0.4 is 15.0 Å². The first-order chi connectivity index (χ1) is 21.0. The molecular formula is C30H26F2N6O5. The molecule has 3 aromatic heterocycles. The van der Waals surface area contributed by atoms with Gasteiger partial charge in [-0.25, -0.2) is 13.8 Å². The molecule has 220 valence electrons. The van der Waals surface area contributed by atoms with Gasteiger partial charge in [-0.2, -0.15) is 9.78 Å². The molecule has 4 heterocycles. The van der Waals surface area contributed by atoms with Gasteiger partial charge in [-0.3, -0.25) is 19.6 Å². The highest BCUT2D eigenvalue weighted by Crippen LogP contribution is 2.35. The molecule has 5 aromatic rings. The summed E-state index contributed by atoms with van der Waals surface area (Å²) in [6, 6.07) is 12.2. The lowest BCUT2D eigenvalue weighted by molar-refractivity contribution is 0.0321. The molecule has 1 saturated heterocycles. The maximum atomic E-state index is 15.2. The number of nitrogens with zero attached hydrogens (tertiary/aromatic N) is 5. The van der Waals surface area contributed by atoms with Crippen molar-refractivity contribution in [3.63, 3.8) is 0 Å². The molecule has 1 aliphatic rings. The first kappa shape index (κ1) is 28.1. The summed E-state index contributed by atoms with van der Waals surface area (Å²) in [5.41, 5.74) is 0.284. The maximum absolute atomic E-state index is 15.2. The molecule has 0 saturated carbocycles. The topological polar surface area (TPSA) is 124 Å². The molecule has 1 N–H and O–H groups in total. The zero-order valence-electron chi connectivity index (χ0n) is 22.8. The van der Waals surface area contributed by atoms with Gasteiger partial charge in [-0.15, -0.1) is 5.10 Å². The molecule has 43 heavy (non-hydrogen) atoms. The lowest BCUT2D eigenvalue weighted by atomic mass is 10.0. The highest BCUT2D eigenvalue weighted by Gasteiger charge is 2.19. The number of carbonyl (C=O) groups excluding carboxylic acids is 1. The van der Waals surface area contributed by atoms with Crippen molar-refractivity contribution in [3.05, 3.63) is 100 Å². The van der Waals surface area contributed by atoms with Crippen molar-refractivity contribution in [1.29, 1.82) is 0 Å². The van der Waals surface area contributed by atoms with Crippen LogP contribution in [0.3, 0.4) is 0 Å². The van der Waals surface area contributed by atoms with Crippen LogP contribution in [0.2, 0.25) is 0 Å². The number of ketones is 1. The summed E-state index contributed by atoms with van der Waals surface area (Å²) in [6.07, 6.45) is 2.58. The number of carbonyl (C=O) groups is 1. The fourth-order valence-corrected chi connectivity index (χ4v) is 4.71. The molecule has 13 heteroatoms. The number of morpholine rings is 1. The fraction of sp³-hybridized carbons (Fsp3) is 0.233. The molecule has 0 amide bonds. The average Bonchev–Trinajstić information content (AvgIpc) is 3.43. The van der Waals surface area contributed by atoms with Gasteiger partial charge in [-0.1, -0.05) is 6.07 Å². The number of Topliss-reactive ketones (excluding diaryl/α,β-unsaturated/α-hetero) is 1. The largest absolute Gasteiger partial charge is 0.475 e. The molecule has 2 aromatic carbocycles. The number of aromatic amines is 1. The molecular weight excluding hydrogens is 562 g/mol. The summed E-state index contributed by atoms with van der Waals surface area (Å²) in [7, 11) is 0. The second-order valence-corrected chi connectivity index (χ2v) is 9.77. The van der Waals surface area contributed by atoms with E-state index >= 15 is 4.39 Å². The fourth-order valence-electron chi connectivity index (χ4n) is 4.71. The van der Waals surface area contributed by atoms with Crippen LogP contribution in [0.25, 0.3) is 16.7 Å². The SMILES string of the molecule is O=C(Cc1ccc(Oc2ccnc3[nH]nc(OCCN4CCOCC4)c23)c(F)c1)c1ccnn(-c2ccc(F)cc2)c1=O. The minimum absolute atomic E-state index is 0.0771.